The third kappa shape index (κ3) is 8.10. The van der Waals surface area contributed by atoms with Crippen LogP contribution in [0.15, 0.2) is 40.8 Å². The number of carbonyl (C=O) groups excluding carboxylic acids is 2. The maximum Gasteiger partial charge on any atom is 0.405 e. The lowest BCUT2D eigenvalue weighted by molar-refractivity contribution is -0.0514. The van der Waals surface area contributed by atoms with Crippen LogP contribution in [0.3, 0.4) is 0 Å². The number of rotatable bonds is 11. The fraction of sp³-hybridized carbons (Fsp3) is 0.370. The van der Waals surface area contributed by atoms with Crippen LogP contribution in [0.2, 0.25) is 0 Å². The number of primary amides is 1. The Balaban J connectivity index is 2.06. The standard InChI is InChI=1S/C27H29F4N3O6/c1-5-37-19-10-14(7-9-18(19)38-25(30)31)24-34-21(22(40-24)20(39-26(32)36)12-27(2,3)4)23(35)33-13-15-6-8-16(28)11-17(15)29/h6-11,20,25H,5,12-13H2,1-4H3,(H2,32,36)(H,33,35)/t20-/m0/s1. The van der Waals surface area contributed by atoms with E-state index in [1.165, 1.54) is 24.3 Å². The first-order chi connectivity index (χ1) is 18.8. The Morgan fingerprint density at radius 1 is 1.10 bits per heavy atom. The lowest BCUT2D eigenvalue weighted by Gasteiger charge is -2.24. The van der Waals surface area contributed by atoms with Crippen molar-refractivity contribution in [1.82, 2.24) is 10.3 Å². The molecule has 0 fully saturated rings. The van der Waals surface area contributed by atoms with Gasteiger partial charge < -0.3 is 29.7 Å². The summed E-state index contributed by atoms with van der Waals surface area (Å²) in [6.45, 7) is 3.93. The predicted molar refractivity (Wildman–Crippen MR) is 135 cm³/mol. The van der Waals surface area contributed by atoms with E-state index in [1.807, 2.05) is 20.8 Å². The second-order valence-electron chi connectivity index (χ2n) is 9.81. The van der Waals surface area contributed by atoms with Crippen molar-refractivity contribution in [2.24, 2.45) is 11.1 Å². The number of oxazole rings is 1. The highest BCUT2D eigenvalue weighted by atomic mass is 19.3. The van der Waals surface area contributed by atoms with Crippen LogP contribution in [0.5, 0.6) is 11.5 Å². The smallest absolute Gasteiger partial charge is 0.405 e. The van der Waals surface area contributed by atoms with Crippen molar-refractivity contribution in [1.29, 1.82) is 0 Å². The maximum absolute atomic E-state index is 14.1. The molecule has 0 spiro atoms. The second-order valence-corrected chi connectivity index (χ2v) is 9.81. The average molecular weight is 568 g/mol. The predicted octanol–water partition coefficient (Wildman–Crippen LogP) is 6.12. The van der Waals surface area contributed by atoms with Crippen molar-refractivity contribution in [3.8, 4) is 23.0 Å². The Morgan fingerprint density at radius 2 is 1.82 bits per heavy atom. The molecule has 1 heterocycles. The Hall–Kier alpha value is -4.29. The van der Waals surface area contributed by atoms with E-state index in [0.29, 0.717) is 6.07 Å². The number of nitrogens with two attached hydrogens (primary N) is 1. The molecule has 3 N–H and O–H groups in total. The molecule has 1 atom stereocenters. The van der Waals surface area contributed by atoms with Crippen LogP contribution in [0.4, 0.5) is 22.4 Å². The SMILES string of the molecule is CCOc1cc(-c2nc(C(=O)NCc3ccc(F)cc3F)c([C@H](CC(C)(C)C)OC(N)=O)o2)ccc1OC(F)F. The number of aromatic nitrogens is 1. The van der Waals surface area contributed by atoms with Gasteiger partial charge in [0.25, 0.3) is 5.91 Å². The number of carbonyl (C=O) groups is 2. The van der Waals surface area contributed by atoms with E-state index in [9.17, 15) is 27.2 Å². The Bertz CT molecular complexity index is 1360. The number of halogens is 4. The van der Waals surface area contributed by atoms with Gasteiger partial charge in [0, 0.05) is 23.7 Å². The summed E-state index contributed by atoms with van der Waals surface area (Å²) in [5, 5.41) is 2.49. The lowest BCUT2D eigenvalue weighted by Crippen LogP contribution is -2.27. The molecule has 3 aromatic rings. The van der Waals surface area contributed by atoms with Gasteiger partial charge in [-0.1, -0.05) is 26.8 Å². The summed E-state index contributed by atoms with van der Waals surface area (Å²) in [7, 11) is 0. The van der Waals surface area contributed by atoms with Gasteiger partial charge in [0.15, 0.2) is 29.1 Å². The third-order valence-electron chi connectivity index (χ3n) is 5.38. The van der Waals surface area contributed by atoms with E-state index in [-0.39, 0.29) is 59.5 Å². The quantitative estimate of drug-likeness (QED) is 0.267. The molecule has 40 heavy (non-hydrogen) atoms. The Morgan fingerprint density at radius 3 is 2.42 bits per heavy atom. The first-order valence-electron chi connectivity index (χ1n) is 12.2. The fourth-order valence-electron chi connectivity index (χ4n) is 3.75. The largest absolute Gasteiger partial charge is 0.490 e. The zero-order chi connectivity index (χ0) is 29.6. The average Bonchev–Trinajstić information content (AvgIpc) is 3.28. The van der Waals surface area contributed by atoms with Crippen molar-refractivity contribution in [2.75, 3.05) is 6.61 Å². The molecule has 1 aromatic heterocycles. The monoisotopic (exact) mass is 567 g/mol. The number of benzene rings is 2. The third-order valence-corrected chi connectivity index (χ3v) is 5.38. The zero-order valence-corrected chi connectivity index (χ0v) is 22.2. The summed E-state index contributed by atoms with van der Waals surface area (Å²) in [6.07, 6.45) is -2.10. The van der Waals surface area contributed by atoms with Crippen LogP contribution in [-0.2, 0) is 11.3 Å². The maximum atomic E-state index is 14.1. The molecule has 0 saturated carbocycles. The molecule has 0 aliphatic rings. The van der Waals surface area contributed by atoms with Gasteiger partial charge in [0.1, 0.15) is 11.6 Å². The van der Waals surface area contributed by atoms with E-state index in [0.717, 1.165) is 6.07 Å². The van der Waals surface area contributed by atoms with Gasteiger partial charge in [-0.15, -0.1) is 0 Å². The van der Waals surface area contributed by atoms with E-state index in [1.54, 1.807) is 6.92 Å². The lowest BCUT2D eigenvalue weighted by atomic mass is 9.88. The molecule has 0 unspecified atom stereocenters. The van der Waals surface area contributed by atoms with Gasteiger partial charge in [0.05, 0.1) is 6.61 Å². The Labute approximate surface area is 227 Å². The second kappa shape index (κ2) is 12.7. The molecule has 216 valence electrons. The number of nitrogens with zero attached hydrogens (tertiary/aromatic N) is 1. The number of hydrogen-bond acceptors (Lipinski definition) is 7. The molecule has 0 radical (unpaired) electrons. The summed E-state index contributed by atoms with van der Waals surface area (Å²) >= 11 is 0. The zero-order valence-electron chi connectivity index (χ0n) is 22.2. The van der Waals surface area contributed by atoms with E-state index < -0.39 is 41.8 Å². The first kappa shape index (κ1) is 30.3. The van der Waals surface area contributed by atoms with Crippen LogP contribution in [0.1, 0.15) is 62.0 Å². The van der Waals surface area contributed by atoms with Gasteiger partial charge >= 0.3 is 12.7 Å². The van der Waals surface area contributed by atoms with Crippen molar-refractivity contribution >= 4 is 12.0 Å². The molecular weight excluding hydrogens is 538 g/mol. The molecule has 0 bridgehead atoms. The van der Waals surface area contributed by atoms with E-state index in [4.69, 9.17) is 19.6 Å². The highest BCUT2D eigenvalue weighted by Crippen LogP contribution is 2.38. The minimum absolute atomic E-state index is 0.00983. The number of hydrogen-bond donors (Lipinski definition) is 2. The Kier molecular flexibility index (Phi) is 9.61. The van der Waals surface area contributed by atoms with Crippen LogP contribution < -0.4 is 20.5 Å². The molecule has 13 heteroatoms. The molecule has 2 aromatic carbocycles. The summed E-state index contributed by atoms with van der Waals surface area (Å²) in [4.78, 5) is 29.2. The molecular formula is C27H29F4N3O6. The molecule has 0 saturated heterocycles. The van der Waals surface area contributed by atoms with Gasteiger partial charge in [-0.25, -0.2) is 18.6 Å². The van der Waals surface area contributed by atoms with Crippen molar-refractivity contribution in [3.05, 3.63) is 65.1 Å². The summed E-state index contributed by atoms with van der Waals surface area (Å²) in [5.41, 5.74) is 4.79. The molecule has 0 aliphatic carbocycles. The van der Waals surface area contributed by atoms with Crippen molar-refractivity contribution < 1.29 is 45.8 Å². The molecule has 0 aliphatic heterocycles. The van der Waals surface area contributed by atoms with Crippen LogP contribution in [0.25, 0.3) is 11.5 Å². The van der Waals surface area contributed by atoms with Crippen molar-refractivity contribution in [2.45, 2.75) is 53.4 Å². The highest BCUT2D eigenvalue weighted by Gasteiger charge is 2.33. The fourth-order valence-corrected chi connectivity index (χ4v) is 3.75. The minimum Gasteiger partial charge on any atom is -0.490 e. The number of amides is 2. The van der Waals surface area contributed by atoms with Gasteiger partial charge in [0.2, 0.25) is 5.89 Å². The van der Waals surface area contributed by atoms with Gasteiger partial charge in [-0.05, 0) is 43.0 Å². The van der Waals surface area contributed by atoms with Crippen molar-refractivity contribution in [3.63, 3.8) is 0 Å². The molecule has 9 nitrogen and oxygen atoms in total. The summed E-state index contributed by atoms with van der Waals surface area (Å²) < 4.78 is 74.1. The summed E-state index contributed by atoms with van der Waals surface area (Å²) in [5.74, 6) is -2.99. The molecule has 2 amide bonds. The van der Waals surface area contributed by atoms with Crippen LogP contribution in [-0.4, -0.2) is 30.2 Å². The minimum atomic E-state index is -3.09. The van der Waals surface area contributed by atoms with Gasteiger partial charge in [-0.3, -0.25) is 4.79 Å². The normalized spacial score (nSPS) is 12.2. The van der Waals surface area contributed by atoms with E-state index in [2.05, 4.69) is 15.0 Å². The van der Waals surface area contributed by atoms with Crippen LogP contribution in [0, 0.1) is 17.0 Å². The highest BCUT2D eigenvalue weighted by molar-refractivity contribution is 5.94. The van der Waals surface area contributed by atoms with Crippen LogP contribution >= 0.6 is 0 Å². The topological polar surface area (TPSA) is 126 Å². The first-order valence-corrected chi connectivity index (χ1v) is 12.2. The number of ether oxygens (including phenoxy) is 3. The van der Waals surface area contributed by atoms with Gasteiger partial charge in [-0.2, -0.15) is 8.78 Å². The number of nitrogens with one attached hydrogen (secondary N) is 1. The molecule has 3 rings (SSSR count). The summed E-state index contributed by atoms with van der Waals surface area (Å²) in [6, 6.07) is 6.82. The number of alkyl halides is 2. The van der Waals surface area contributed by atoms with E-state index >= 15 is 0 Å².